The van der Waals surface area contributed by atoms with E-state index in [-0.39, 0.29) is 0 Å². The molecular weight excluding hydrogens is 238 g/mol. The predicted octanol–water partition coefficient (Wildman–Crippen LogP) is 2.37. The summed E-state index contributed by atoms with van der Waals surface area (Å²) in [6.45, 7) is 8.73. The molecule has 0 amide bonds. The fourth-order valence-corrected chi connectivity index (χ4v) is 1.96. The van der Waals surface area contributed by atoms with Crippen LogP contribution in [-0.4, -0.2) is 36.2 Å². The zero-order valence-corrected chi connectivity index (χ0v) is 12.3. The van der Waals surface area contributed by atoms with Crippen LogP contribution in [0.4, 0.5) is 0 Å². The van der Waals surface area contributed by atoms with E-state index in [0.717, 1.165) is 30.8 Å². The number of ether oxygens (including phenoxy) is 1. The van der Waals surface area contributed by atoms with E-state index in [4.69, 9.17) is 10.00 Å². The third-order valence-electron chi connectivity index (χ3n) is 3.18. The molecule has 1 aromatic heterocycles. The Hall–Kier alpha value is -1.44. The molecule has 0 saturated carbocycles. The molecule has 0 fully saturated rings. The number of rotatable bonds is 7. The van der Waals surface area contributed by atoms with Crippen LogP contribution in [0, 0.1) is 11.3 Å². The molecule has 0 bridgehead atoms. The molecule has 1 aromatic rings. The smallest absolute Gasteiger partial charge is 0.101 e. The molecule has 19 heavy (non-hydrogen) atoms. The number of hydrogen-bond donors (Lipinski definition) is 0. The molecule has 0 aliphatic heterocycles. The normalized spacial score (nSPS) is 11.0. The molecule has 4 heteroatoms. The predicted molar refractivity (Wildman–Crippen MR) is 75.8 cm³/mol. The Bertz CT molecular complexity index is 438. The summed E-state index contributed by atoms with van der Waals surface area (Å²) in [6.07, 6.45) is 2.67. The summed E-state index contributed by atoms with van der Waals surface area (Å²) in [7, 11) is 1.71. The fourth-order valence-electron chi connectivity index (χ4n) is 1.96. The molecule has 104 valence electrons. The average molecular weight is 261 g/mol. The topological polar surface area (TPSA) is 49.2 Å². The number of aryl methyl sites for hydroxylation is 1. The fraction of sp³-hybridized carbons (Fsp3) is 0.600. The van der Waals surface area contributed by atoms with Gasteiger partial charge in [0.15, 0.2) is 0 Å². The molecule has 0 atom stereocenters. The number of aromatic nitrogens is 1. The van der Waals surface area contributed by atoms with E-state index in [2.05, 4.69) is 29.8 Å². The lowest BCUT2D eigenvalue weighted by atomic mass is 10.1. The Morgan fingerprint density at radius 2 is 2.21 bits per heavy atom. The minimum Gasteiger partial charge on any atom is -0.383 e. The first-order valence-electron chi connectivity index (χ1n) is 6.73. The van der Waals surface area contributed by atoms with Crippen molar-refractivity contribution in [2.75, 3.05) is 20.3 Å². The quantitative estimate of drug-likeness (QED) is 0.756. The molecule has 4 nitrogen and oxygen atoms in total. The molecule has 0 radical (unpaired) electrons. The second kappa shape index (κ2) is 7.88. The number of nitrogens with zero attached hydrogens (tertiary/aromatic N) is 3. The van der Waals surface area contributed by atoms with Crippen molar-refractivity contribution in [3.05, 3.63) is 29.1 Å². The maximum Gasteiger partial charge on any atom is 0.101 e. The van der Waals surface area contributed by atoms with Gasteiger partial charge in [-0.3, -0.25) is 9.88 Å². The van der Waals surface area contributed by atoms with Gasteiger partial charge in [-0.25, -0.2) is 0 Å². The van der Waals surface area contributed by atoms with Crippen molar-refractivity contribution in [1.29, 1.82) is 5.26 Å². The first kappa shape index (κ1) is 15.6. The van der Waals surface area contributed by atoms with Crippen LogP contribution in [0.3, 0.4) is 0 Å². The molecule has 0 spiro atoms. The van der Waals surface area contributed by atoms with Crippen molar-refractivity contribution in [2.24, 2.45) is 0 Å². The van der Waals surface area contributed by atoms with Crippen LogP contribution in [0.5, 0.6) is 0 Å². The third kappa shape index (κ3) is 4.62. The van der Waals surface area contributed by atoms with Crippen LogP contribution in [0.25, 0.3) is 0 Å². The van der Waals surface area contributed by atoms with E-state index in [1.807, 2.05) is 19.2 Å². The van der Waals surface area contributed by atoms with E-state index >= 15 is 0 Å². The summed E-state index contributed by atoms with van der Waals surface area (Å²) < 4.78 is 5.13. The number of methoxy groups -OCH3 is 1. The Morgan fingerprint density at radius 1 is 1.47 bits per heavy atom. The van der Waals surface area contributed by atoms with Crippen molar-refractivity contribution in [3.8, 4) is 6.07 Å². The Balaban J connectivity index is 2.82. The van der Waals surface area contributed by atoms with E-state index in [0.29, 0.717) is 18.2 Å². The van der Waals surface area contributed by atoms with Crippen molar-refractivity contribution in [3.63, 3.8) is 0 Å². The summed E-state index contributed by atoms with van der Waals surface area (Å²) in [4.78, 5) is 6.69. The van der Waals surface area contributed by atoms with Gasteiger partial charge >= 0.3 is 0 Å². The third-order valence-corrected chi connectivity index (χ3v) is 3.18. The van der Waals surface area contributed by atoms with Crippen molar-refractivity contribution >= 4 is 0 Å². The zero-order valence-electron chi connectivity index (χ0n) is 12.3. The summed E-state index contributed by atoms with van der Waals surface area (Å²) in [5, 5.41) is 9.14. The second-order valence-electron chi connectivity index (χ2n) is 4.86. The van der Waals surface area contributed by atoms with Gasteiger partial charge < -0.3 is 4.74 Å². The minimum absolute atomic E-state index is 0.437. The highest BCUT2D eigenvalue weighted by Gasteiger charge is 2.11. The van der Waals surface area contributed by atoms with Gasteiger partial charge in [0.1, 0.15) is 6.07 Å². The molecule has 0 aliphatic carbocycles. The standard InChI is InChI=1S/C15H23N3O/c1-5-15-14(9-16)8-13(10-17-15)11-18(12(2)3)6-7-19-4/h8,10,12H,5-7,11H2,1-4H3. The van der Waals surface area contributed by atoms with Crippen molar-refractivity contribution in [2.45, 2.75) is 39.8 Å². The highest BCUT2D eigenvalue weighted by molar-refractivity contribution is 5.35. The van der Waals surface area contributed by atoms with Gasteiger partial charge in [-0.15, -0.1) is 0 Å². The minimum atomic E-state index is 0.437. The molecule has 0 saturated heterocycles. The van der Waals surface area contributed by atoms with Crippen LogP contribution in [0.1, 0.15) is 37.6 Å². The van der Waals surface area contributed by atoms with Crippen molar-refractivity contribution in [1.82, 2.24) is 9.88 Å². The van der Waals surface area contributed by atoms with Crippen LogP contribution < -0.4 is 0 Å². The summed E-state index contributed by atoms with van der Waals surface area (Å²) in [6, 6.07) is 4.62. The monoisotopic (exact) mass is 261 g/mol. The zero-order chi connectivity index (χ0) is 14.3. The maximum absolute atomic E-state index is 9.14. The molecular formula is C15H23N3O. The first-order valence-corrected chi connectivity index (χ1v) is 6.73. The van der Waals surface area contributed by atoms with Gasteiger partial charge in [-0.05, 0) is 31.9 Å². The molecule has 0 aromatic carbocycles. The number of pyridine rings is 1. The van der Waals surface area contributed by atoms with Gasteiger partial charge in [0.25, 0.3) is 0 Å². The summed E-state index contributed by atoms with van der Waals surface area (Å²) >= 11 is 0. The molecule has 1 heterocycles. The SMILES string of the molecule is CCc1ncc(CN(CCOC)C(C)C)cc1C#N. The van der Waals surface area contributed by atoms with Crippen LogP contribution in [0.15, 0.2) is 12.3 Å². The van der Waals surface area contributed by atoms with Crippen molar-refractivity contribution < 1.29 is 4.74 Å². The summed E-state index contributed by atoms with van der Waals surface area (Å²) in [5.41, 5.74) is 2.65. The maximum atomic E-state index is 9.14. The molecule has 0 aliphatic rings. The molecule has 1 rings (SSSR count). The van der Waals surface area contributed by atoms with Gasteiger partial charge in [0.05, 0.1) is 17.9 Å². The van der Waals surface area contributed by atoms with E-state index in [1.54, 1.807) is 7.11 Å². The second-order valence-corrected chi connectivity index (χ2v) is 4.86. The van der Waals surface area contributed by atoms with E-state index in [1.165, 1.54) is 0 Å². The van der Waals surface area contributed by atoms with E-state index < -0.39 is 0 Å². The Morgan fingerprint density at radius 3 is 2.74 bits per heavy atom. The Kier molecular flexibility index (Phi) is 6.48. The lowest BCUT2D eigenvalue weighted by molar-refractivity contribution is 0.125. The lowest BCUT2D eigenvalue weighted by Gasteiger charge is -2.26. The van der Waals surface area contributed by atoms with E-state index in [9.17, 15) is 0 Å². The summed E-state index contributed by atoms with van der Waals surface area (Å²) in [5.74, 6) is 0. The van der Waals surface area contributed by atoms with Crippen LogP contribution in [-0.2, 0) is 17.7 Å². The largest absolute Gasteiger partial charge is 0.383 e. The van der Waals surface area contributed by atoms with Gasteiger partial charge in [-0.1, -0.05) is 6.92 Å². The Labute approximate surface area is 116 Å². The average Bonchev–Trinajstić information content (AvgIpc) is 2.42. The highest BCUT2D eigenvalue weighted by Crippen LogP contribution is 2.12. The highest BCUT2D eigenvalue weighted by atomic mass is 16.5. The number of nitriles is 1. The van der Waals surface area contributed by atoms with Crippen LogP contribution >= 0.6 is 0 Å². The van der Waals surface area contributed by atoms with Gasteiger partial charge in [-0.2, -0.15) is 5.26 Å². The molecule has 0 unspecified atom stereocenters. The van der Waals surface area contributed by atoms with Crippen LogP contribution in [0.2, 0.25) is 0 Å². The van der Waals surface area contributed by atoms with Gasteiger partial charge in [0.2, 0.25) is 0 Å². The van der Waals surface area contributed by atoms with Gasteiger partial charge in [0, 0.05) is 32.4 Å². The number of hydrogen-bond acceptors (Lipinski definition) is 4. The lowest BCUT2D eigenvalue weighted by Crippen LogP contribution is -2.33. The molecule has 0 N–H and O–H groups in total. The first-order chi connectivity index (χ1) is 9.12.